The molecule has 5 aromatic rings. The summed E-state index contributed by atoms with van der Waals surface area (Å²) in [5, 5.41) is 5.50. The molecule has 6 heteroatoms. The summed E-state index contributed by atoms with van der Waals surface area (Å²) < 4.78 is 9.76. The van der Waals surface area contributed by atoms with Gasteiger partial charge in [0.25, 0.3) is 5.56 Å². The summed E-state index contributed by atoms with van der Waals surface area (Å²) in [6.45, 7) is 0. The fourth-order valence-electron chi connectivity index (χ4n) is 4.25. The summed E-state index contributed by atoms with van der Waals surface area (Å²) in [6, 6.07) is 14.7. The van der Waals surface area contributed by atoms with Crippen molar-refractivity contribution in [2.75, 3.05) is 14.2 Å². The lowest BCUT2D eigenvalue weighted by molar-refractivity contribution is 0.0593. The van der Waals surface area contributed by atoms with Gasteiger partial charge < -0.3 is 14.5 Å². The maximum Gasteiger partial charge on any atom is 0.344 e. The molecule has 0 aliphatic heterocycles. The quantitative estimate of drug-likeness (QED) is 0.282. The number of hydrogen-bond donors (Lipinski definition) is 1. The number of pyridine rings is 1. The Morgan fingerprint density at radius 2 is 1.34 bits per heavy atom. The van der Waals surface area contributed by atoms with E-state index in [9.17, 15) is 14.4 Å². The van der Waals surface area contributed by atoms with Gasteiger partial charge in [0.05, 0.1) is 25.3 Å². The van der Waals surface area contributed by atoms with Crippen molar-refractivity contribution in [3.8, 4) is 0 Å². The van der Waals surface area contributed by atoms with Gasteiger partial charge in [0.1, 0.15) is 5.56 Å². The van der Waals surface area contributed by atoms with Crippen molar-refractivity contribution >= 4 is 55.2 Å². The van der Waals surface area contributed by atoms with E-state index in [1.165, 1.54) is 14.2 Å². The minimum absolute atomic E-state index is 0.0186. The average molecular weight is 385 g/mol. The SMILES string of the molecule is COC(=O)c1ccc2c3cccc4c(C(=O)OC)c(=O)[nH]c(c5cccc1c25)c43. The summed E-state index contributed by atoms with van der Waals surface area (Å²) in [5.74, 6) is -1.10. The Labute approximate surface area is 164 Å². The fraction of sp³-hybridized carbons (Fsp3) is 0.0870. The molecule has 1 N–H and O–H groups in total. The molecule has 29 heavy (non-hydrogen) atoms. The monoisotopic (exact) mass is 385 g/mol. The van der Waals surface area contributed by atoms with Crippen LogP contribution in [0.2, 0.25) is 0 Å². The van der Waals surface area contributed by atoms with Crippen LogP contribution < -0.4 is 5.56 Å². The summed E-state index contributed by atoms with van der Waals surface area (Å²) >= 11 is 0. The summed E-state index contributed by atoms with van der Waals surface area (Å²) in [7, 11) is 2.60. The second kappa shape index (κ2) is 6.04. The number of aromatic amines is 1. The van der Waals surface area contributed by atoms with Crippen molar-refractivity contribution in [2.24, 2.45) is 0 Å². The van der Waals surface area contributed by atoms with E-state index in [2.05, 4.69) is 4.98 Å². The molecule has 0 saturated carbocycles. The summed E-state index contributed by atoms with van der Waals surface area (Å²) in [6.07, 6.45) is 0. The molecule has 0 aliphatic rings. The van der Waals surface area contributed by atoms with Crippen LogP contribution in [0.15, 0.2) is 53.3 Å². The third kappa shape index (κ3) is 2.20. The fourth-order valence-corrected chi connectivity index (χ4v) is 4.25. The maximum absolute atomic E-state index is 12.8. The number of fused-ring (bicyclic) bond motifs is 2. The zero-order valence-corrected chi connectivity index (χ0v) is 15.7. The third-order valence-electron chi connectivity index (χ3n) is 5.44. The molecule has 0 aliphatic carbocycles. The van der Waals surface area contributed by atoms with Crippen LogP contribution in [0.4, 0.5) is 0 Å². The lowest BCUT2D eigenvalue weighted by Gasteiger charge is -2.16. The van der Waals surface area contributed by atoms with Crippen molar-refractivity contribution < 1.29 is 19.1 Å². The Bertz CT molecular complexity index is 1530. The first-order chi connectivity index (χ1) is 14.1. The van der Waals surface area contributed by atoms with Crippen LogP contribution in [0, 0.1) is 0 Å². The van der Waals surface area contributed by atoms with Gasteiger partial charge in [-0.3, -0.25) is 4.79 Å². The second-order valence-electron chi connectivity index (χ2n) is 6.80. The van der Waals surface area contributed by atoms with Gasteiger partial charge >= 0.3 is 11.9 Å². The van der Waals surface area contributed by atoms with Crippen molar-refractivity contribution in [1.29, 1.82) is 0 Å². The van der Waals surface area contributed by atoms with Crippen LogP contribution in [0.3, 0.4) is 0 Å². The number of ether oxygens (including phenoxy) is 2. The molecule has 4 aromatic carbocycles. The van der Waals surface area contributed by atoms with Gasteiger partial charge in [-0.1, -0.05) is 42.5 Å². The van der Waals surface area contributed by atoms with Crippen LogP contribution in [0.5, 0.6) is 0 Å². The molecule has 142 valence electrons. The van der Waals surface area contributed by atoms with Gasteiger partial charge in [0.2, 0.25) is 0 Å². The van der Waals surface area contributed by atoms with Crippen LogP contribution in [-0.4, -0.2) is 31.1 Å². The Morgan fingerprint density at radius 3 is 2.07 bits per heavy atom. The predicted octanol–water partition coefficient (Wildman–Crippen LogP) is 4.00. The molecule has 0 fully saturated rings. The van der Waals surface area contributed by atoms with Crippen LogP contribution in [-0.2, 0) is 9.47 Å². The van der Waals surface area contributed by atoms with Crippen LogP contribution in [0.25, 0.3) is 43.2 Å². The number of benzene rings is 4. The van der Waals surface area contributed by atoms with E-state index < -0.39 is 17.5 Å². The van der Waals surface area contributed by atoms with Crippen LogP contribution in [0.1, 0.15) is 20.7 Å². The summed E-state index contributed by atoms with van der Waals surface area (Å²) in [4.78, 5) is 40.2. The number of esters is 2. The molecule has 1 aromatic heterocycles. The van der Waals surface area contributed by atoms with Gasteiger partial charge in [0.15, 0.2) is 0 Å². The smallest absolute Gasteiger partial charge is 0.344 e. The van der Waals surface area contributed by atoms with Gasteiger partial charge in [-0.25, -0.2) is 9.59 Å². The molecular weight excluding hydrogens is 370 g/mol. The van der Waals surface area contributed by atoms with Crippen molar-refractivity contribution in [1.82, 2.24) is 4.98 Å². The van der Waals surface area contributed by atoms with E-state index >= 15 is 0 Å². The molecule has 6 nitrogen and oxygen atoms in total. The van der Waals surface area contributed by atoms with Gasteiger partial charge in [-0.05, 0) is 27.6 Å². The number of carbonyl (C=O) groups is 2. The normalized spacial score (nSPS) is 11.5. The van der Waals surface area contributed by atoms with Gasteiger partial charge in [-0.2, -0.15) is 0 Å². The van der Waals surface area contributed by atoms with E-state index in [4.69, 9.17) is 9.47 Å². The molecule has 0 atom stereocenters. The van der Waals surface area contributed by atoms with E-state index in [1.807, 2.05) is 30.3 Å². The number of H-pyrrole nitrogens is 1. The minimum Gasteiger partial charge on any atom is -0.465 e. The molecule has 0 bridgehead atoms. The zero-order chi connectivity index (χ0) is 20.3. The lowest BCUT2D eigenvalue weighted by Crippen LogP contribution is -2.19. The average Bonchev–Trinajstić information content (AvgIpc) is 2.75. The van der Waals surface area contributed by atoms with Gasteiger partial charge in [0, 0.05) is 16.2 Å². The van der Waals surface area contributed by atoms with Crippen molar-refractivity contribution in [3.63, 3.8) is 0 Å². The molecule has 5 rings (SSSR count). The molecule has 0 spiro atoms. The maximum atomic E-state index is 12.8. The van der Waals surface area contributed by atoms with Gasteiger partial charge in [-0.15, -0.1) is 0 Å². The molecule has 0 saturated heterocycles. The number of hydrogen-bond acceptors (Lipinski definition) is 5. The Kier molecular flexibility index (Phi) is 3.58. The molecule has 0 unspecified atom stereocenters. The number of aromatic nitrogens is 1. The summed E-state index contributed by atoms with van der Waals surface area (Å²) in [5.41, 5.74) is 0.543. The first-order valence-corrected chi connectivity index (χ1v) is 8.99. The van der Waals surface area contributed by atoms with Crippen molar-refractivity contribution in [3.05, 3.63) is 70.0 Å². The predicted molar refractivity (Wildman–Crippen MR) is 111 cm³/mol. The largest absolute Gasteiger partial charge is 0.465 e. The van der Waals surface area contributed by atoms with E-state index in [-0.39, 0.29) is 5.56 Å². The Hall–Kier alpha value is -3.93. The number of rotatable bonds is 2. The number of carbonyl (C=O) groups excluding carboxylic acids is 2. The van der Waals surface area contributed by atoms with E-state index in [0.29, 0.717) is 16.5 Å². The highest BCUT2D eigenvalue weighted by molar-refractivity contribution is 6.34. The molecule has 0 radical (unpaired) electrons. The highest BCUT2D eigenvalue weighted by atomic mass is 16.5. The van der Waals surface area contributed by atoms with E-state index in [0.717, 1.165) is 32.3 Å². The highest BCUT2D eigenvalue weighted by Gasteiger charge is 2.22. The number of nitrogens with one attached hydrogen (secondary N) is 1. The Balaban J connectivity index is 2.09. The minimum atomic E-state index is -0.681. The van der Waals surface area contributed by atoms with Crippen molar-refractivity contribution in [2.45, 2.75) is 0 Å². The Morgan fingerprint density at radius 1 is 0.724 bits per heavy atom. The lowest BCUT2D eigenvalue weighted by atomic mass is 9.89. The standard InChI is InChI=1S/C23H15NO5/c1-28-22(26)14-10-9-13-11-5-3-7-15-18(11)20(16-8-4-6-12(14)17(13)16)24-21(25)19(15)23(27)29-2/h3-10H,1-2H3,(H,24,25). The first kappa shape index (κ1) is 17.2. The molecule has 1 heterocycles. The third-order valence-corrected chi connectivity index (χ3v) is 5.44. The van der Waals surface area contributed by atoms with E-state index in [1.54, 1.807) is 18.2 Å². The molecule has 0 amide bonds. The van der Waals surface area contributed by atoms with Crippen LogP contribution >= 0.6 is 0 Å². The number of methoxy groups -OCH3 is 2. The second-order valence-corrected chi connectivity index (χ2v) is 6.80. The topological polar surface area (TPSA) is 85.5 Å². The molecular formula is C23H15NO5. The zero-order valence-electron chi connectivity index (χ0n) is 15.7. The highest BCUT2D eigenvalue weighted by Crippen LogP contribution is 2.40. The first-order valence-electron chi connectivity index (χ1n) is 8.99.